The van der Waals surface area contributed by atoms with Gasteiger partial charge in [-0.25, -0.2) is 9.97 Å². The minimum absolute atomic E-state index is 0.223. The number of carbonyl (C=O) groups excluding carboxylic acids is 1. The lowest BCUT2D eigenvalue weighted by molar-refractivity contribution is -0.141. The molecule has 0 radical (unpaired) electrons. The van der Waals surface area contributed by atoms with Gasteiger partial charge in [-0.3, -0.25) is 14.6 Å². The zero-order valence-corrected chi connectivity index (χ0v) is 19.7. The molecule has 2 aliphatic heterocycles. The van der Waals surface area contributed by atoms with E-state index in [0.29, 0.717) is 31.4 Å². The molecule has 0 unspecified atom stereocenters. The van der Waals surface area contributed by atoms with Crippen LogP contribution in [0.15, 0.2) is 6.07 Å². The van der Waals surface area contributed by atoms with Gasteiger partial charge in [-0.1, -0.05) is 20.8 Å². The Kier molecular flexibility index (Phi) is 7.81. The predicted molar refractivity (Wildman–Crippen MR) is 119 cm³/mol. The molecule has 2 aliphatic rings. The van der Waals surface area contributed by atoms with Gasteiger partial charge in [-0.2, -0.15) is 13.2 Å². The summed E-state index contributed by atoms with van der Waals surface area (Å²) in [6.45, 7) is 13.6. The summed E-state index contributed by atoms with van der Waals surface area (Å²) in [5.74, 6) is 1.50. The van der Waals surface area contributed by atoms with Crippen LogP contribution in [-0.4, -0.2) is 77.9 Å². The third-order valence-corrected chi connectivity index (χ3v) is 6.38. The van der Waals surface area contributed by atoms with Crippen molar-refractivity contribution in [1.29, 1.82) is 0 Å². The van der Waals surface area contributed by atoms with E-state index in [1.54, 1.807) is 6.92 Å². The van der Waals surface area contributed by atoms with Gasteiger partial charge in [0.05, 0.1) is 6.54 Å². The Hall–Kier alpha value is -1.74. The molecule has 0 atom stereocenters. The van der Waals surface area contributed by atoms with E-state index < -0.39 is 17.3 Å². The zero-order valence-electron chi connectivity index (χ0n) is 19.7. The van der Waals surface area contributed by atoms with E-state index in [2.05, 4.69) is 19.8 Å². The van der Waals surface area contributed by atoms with Crippen molar-refractivity contribution < 1.29 is 18.0 Å². The van der Waals surface area contributed by atoms with Gasteiger partial charge >= 0.3 is 6.18 Å². The van der Waals surface area contributed by atoms with E-state index in [1.165, 1.54) is 0 Å². The van der Waals surface area contributed by atoms with Crippen molar-refractivity contribution in [2.24, 2.45) is 5.92 Å². The predicted octanol–water partition coefficient (Wildman–Crippen LogP) is 3.61. The maximum Gasteiger partial charge on any atom is 0.433 e. The number of hydrogen-bond donors (Lipinski definition) is 0. The molecule has 0 bridgehead atoms. The second-order valence-electron chi connectivity index (χ2n) is 10.2. The van der Waals surface area contributed by atoms with Gasteiger partial charge in [0.1, 0.15) is 23.1 Å². The number of carbonyl (C=O) groups is 1. The molecular formula is C23H36F3N5O. The maximum absolute atomic E-state index is 13.4. The number of hydrogen-bond acceptors (Lipinski definition) is 6. The van der Waals surface area contributed by atoms with Crippen LogP contribution in [0.2, 0.25) is 0 Å². The molecule has 0 aromatic carbocycles. The van der Waals surface area contributed by atoms with Crippen molar-refractivity contribution >= 4 is 11.6 Å². The third kappa shape index (κ3) is 6.88. The van der Waals surface area contributed by atoms with Crippen LogP contribution in [0.5, 0.6) is 0 Å². The highest BCUT2D eigenvalue weighted by Crippen LogP contribution is 2.32. The normalized spacial score (nSPS) is 20.0. The lowest BCUT2D eigenvalue weighted by atomic mass is 9.93. The molecule has 180 valence electrons. The monoisotopic (exact) mass is 455 g/mol. The van der Waals surface area contributed by atoms with Gasteiger partial charge in [-0.05, 0) is 51.7 Å². The van der Waals surface area contributed by atoms with Gasteiger partial charge in [0, 0.05) is 37.7 Å². The first-order chi connectivity index (χ1) is 14.9. The highest BCUT2D eigenvalue weighted by atomic mass is 19.4. The van der Waals surface area contributed by atoms with Crippen LogP contribution < -0.4 is 4.90 Å². The van der Waals surface area contributed by atoms with Crippen molar-refractivity contribution in [3.8, 4) is 0 Å². The number of alkyl halides is 3. The average Bonchev–Trinajstić information content (AvgIpc) is 2.72. The molecule has 2 saturated heterocycles. The van der Waals surface area contributed by atoms with Gasteiger partial charge < -0.3 is 4.90 Å². The van der Waals surface area contributed by atoms with E-state index in [9.17, 15) is 18.0 Å². The lowest BCUT2D eigenvalue weighted by Gasteiger charge is -2.37. The number of likely N-dealkylation sites (tertiary alicyclic amines) is 1. The van der Waals surface area contributed by atoms with Gasteiger partial charge in [-0.15, -0.1) is 0 Å². The van der Waals surface area contributed by atoms with Crippen LogP contribution in [0, 0.1) is 5.92 Å². The van der Waals surface area contributed by atoms with Crippen LogP contribution in [0.3, 0.4) is 0 Å². The zero-order chi connectivity index (χ0) is 23.5. The molecule has 3 rings (SSSR count). The van der Waals surface area contributed by atoms with Gasteiger partial charge in [0.2, 0.25) is 0 Å². The fourth-order valence-electron chi connectivity index (χ4n) is 4.39. The first kappa shape index (κ1) is 24.9. The van der Waals surface area contributed by atoms with E-state index in [4.69, 9.17) is 0 Å². The number of piperazine rings is 1. The number of rotatable bonds is 6. The second-order valence-corrected chi connectivity index (χ2v) is 10.2. The summed E-state index contributed by atoms with van der Waals surface area (Å²) in [6, 6.07) is 1.08. The summed E-state index contributed by atoms with van der Waals surface area (Å²) in [5.41, 5.74) is -1.43. The van der Waals surface area contributed by atoms with Crippen molar-refractivity contribution in [1.82, 2.24) is 19.8 Å². The smallest absolute Gasteiger partial charge is 0.354 e. The summed E-state index contributed by atoms with van der Waals surface area (Å²) >= 11 is 0. The van der Waals surface area contributed by atoms with E-state index in [0.717, 1.165) is 58.1 Å². The van der Waals surface area contributed by atoms with Crippen LogP contribution in [0.4, 0.5) is 19.0 Å². The third-order valence-electron chi connectivity index (χ3n) is 6.38. The maximum atomic E-state index is 13.4. The molecule has 1 aromatic rings. The number of anilines is 1. The molecule has 3 heterocycles. The summed E-state index contributed by atoms with van der Waals surface area (Å²) < 4.78 is 40.2. The van der Waals surface area contributed by atoms with Crippen molar-refractivity contribution in [2.45, 2.75) is 58.5 Å². The number of Topliss-reactive ketones (excluding diaryl/α,β-unsaturated/α-hetero) is 1. The number of ketones is 1. The molecule has 2 fully saturated rings. The fraction of sp³-hybridized carbons (Fsp3) is 0.783. The molecule has 6 nitrogen and oxygen atoms in total. The highest BCUT2D eigenvalue weighted by molar-refractivity contribution is 5.77. The highest BCUT2D eigenvalue weighted by Gasteiger charge is 2.36. The number of halogens is 3. The largest absolute Gasteiger partial charge is 0.433 e. The Bertz CT molecular complexity index is 745. The number of nitrogens with zero attached hydrogens (tertiary/aromatic N) is 5. The Morgan fingerprint density at radius 2 is 1.62 bits per heavy atom. The Morgan fingerprint density at radius 3 is 2.16 bits per heavy atom. The molecule has 0 N–H and O–H groups in total. The number of piperidine rings is 1. The topological polar surface area (TPSA) is 52.6 Å². The fourth-order valence-corrected chi connectivity index (χ4v) is 4.39. The molecule has 0 amide bonds. The standard InChI is InChI=1S/C23H36F3N5O/c1-17(32)16-30-9-6-18(7-10-30)5-8-29-11-13-31(14-12-29)20-15-19(23(24,25)26)27-21(28-20)22(2,3)4/h15,18H,5-14,16H2,1-4H3. The Morgan fingerprint density at radius 1 is 1.00 bits per heavy atom. The summed E-state index contributed by atoms with van der Waals surface area (Å²) in [4.78, 5) is 26.1. The Labute approximate surface area is 189 Å². The first-order valence-corrected chi connectivity index (χ1v) is 11.6. The quantitative estimate of drug-likeness (QED) is 0.653. The number of aromatic nitrogens is 2. The molecule has 0 saturated carbocycles. The summed E-state index contributed by atoms with van der Waals surface area (Å²) in [7, 11) is 0. The average molecular weight is 456 g/mol. The van der Waals surface area contributed by atoms with Crippen molar-refractivity contribution in [2.75, 3.05) is 57.3 Å². The van der Waals surface area contributed by atoms with E-state index in [1.807, 2.05) is 25.7 Å². The lowest BCUT2D eigenvalue weighted by Crippen LogP contribution is -2.47. The summed E-state index contributed by atoms with van der Waals surface area (Å²) in [5, 5.41) is 0. The molecule has 1 aromatic heterocycles. The molecule has 0 aliphatic carbocycles. The van der Waals surface area contributed by atoms with Gasteiger partial charge in [0.25, 0.3) is 0 Å². The first-order valence-electron chi connectivity index (χ1n) is 11.6. The Balaban J connectivity index is 1.52. The minimum Gasteiger partial charge on any atom is -0.354 e. The van der Waals surface area contributed by atoms with E-state index >= 15 is 0 Å². The van der Waals surface area contributed by atoms with Crippen LogP contribution in [0.1, 0.15) is 58.5 Å². The van der Waals surface area contributed by atoms with Gasteiger partial charge in [0.15, 0.2) is 0 Å². The SMILES string of the molecule is CC(=O)CN1CCC(CCN2CCN(c3cc(C(F)(F)F)nc(C(C)(C)C)n3)CC2)CC1. The van der Waals surface area contributed by atoms with Crippen LogP contribution in [-0.2, 0) is 16.4 Å². The summed E-state index contributed by atoms with van der Waals surface area (Å²) in [6.07, 6.45) is -1.10. The minimum atomic E-state index is -4.49. The molecule has 0 spiro atoms. The second kappa shape index (κ2) is 10.0. The van der Waals surface area contributed by atoms with Crippen LogP contribution in [0.25, 0.3) is 0 Å². The molecule has 9 heteroatoms. The molecular weight excluding hydrogens is 419 g/mol. The van der Waals surface area contributed by atoms with Crippen molar-refractivity contribution in [3.63, 3.8) is 0 Å². The molecule has 32 heavy (non-hydrogen) atoms. The van der Waals surface area contributed by atoms with Crippen LogP contribution >= 0.6 is 0 Å². The van der Waals surface area contributed by atoms with E-state index in [-0.39, 0.29) is 11.6 Å². The van der Waals surface area contributed by atoms with Crippen molar-refractivity contribution in [3.05, 3.63) is 17.6 Å².